The summed E-state index contributed by atoms with van der Waals surface area (Å²) in [5.74, 6) is -0.797. The van der Waals surface area contributed by atoms with Crippen molar-refractivity contribution in [3.05, 3.63) is 70.4 Å². The van der Waals surface area contributed by atoms with Gasteiger partial charge in [-0.2, -0.15) is 20.1 Å². The van der Waals surface area contributed by atoms with Crippen LogP contribution in [0.15, 0.2) is 57.8 Å². The zero-order valence-corrected chi connectivity index (χ0v) is 23.7. The first-order valence-electron chi connectivity index (χ1n) is 13.8. The number of nitrogens with zero attached hydrogens (tertiary/aromatic N) is 8. The van der Waals surface area contributed by atoms with Crippen molar-refractivity contribution in [3.8, 4) is 11.5 Å². The lowest BCUT2D eigenvalue weighted by molar-refractivity contribution is -0.117. The van der Waals surface area contributed by atoms with Gasteiger partial charge < -0.3 is 14.6 Å². The van der Waals surface area contributed by atoms with Crippen LogP contribution < -0.4 is 5.32 Å². The lowest BCUT2D eigenvalue weighted by Crippen LogP contribution is -2.50. The van der Waals surface area contributed by atoms with E-state index in [4.69, 9.17) is 4.42 Å². The topological polar surface area (TPSA) is 135 Å². The number of alkyl halides is 3. The number of anilines is 1. The maximum Gasteiger partial charge on any atom is 0.350 e. The fourth-order valence-electron chi connectivity index (χ4n) is 5.21. The van der Waals surface area contributed by atoms with E-state index in [1.807, 2.05) is 21.7 Å². The molecule has 12 nitrogen and oxygen atoms in total. The third kappa shape index (κ3) is 5.53. The van der Waals surface area contributed by atoms with E-state index < -0.39 is 24.7 Å². The molecule has 3 atom stereocenters. The number of amides is 2. The summed E-state index contributed by atoms with van der Waals surface area (Å²) in [4.78, 5) is 38.4. The highest BCUT2D eigenvalue weighted by Gasteiger charge is 2.43. The molecule has 1 aromatic carbocycles. The van der Waals surface area contributed by atoms with E-state index in [1.165, 1.54) is 17.5 Å². The highest BCUT2D eigenvalue weighted by molar-refractivity contribution is 7.08. The fraction of sp³-hybridized carbons (Fsp3) is 0.321. The molecule has 7 rings (SSSR count). The number of tetrazole rings is 1. The second kappa shape index (κ2) is 11.4. The molecule has 226 valence electrons. The van der Waals surface area contributed by atoms with Gasteiger partial charge in [-0.1, -0.05) is 4.80 Å². The van der Waals surface area contributed by atoms with E-state index >= 15 is 0 Å². The van der Waals surface area contributed by atoms with Crippen LogP contribution in [0.1, 0.15) is 40.9 Å². The van der Waals surface area contributed by atoms with Gasteiger partial charge >= 0.3 is 6.55 Å². The molecule has 0 radical (unpaired) electrons. The summed E-state index contributed by atoms with van der Waals surface area (Å²) >= 11 is 1.48. The number of fused-ring (bicyclic) bond motifs is 1. The van der Waals surface area contributed by atoms with Crippen LogP contribution in [0.4, 0.5) is 18.9 Å². The lowest BCUT2D eigenvalue weighted by atomic mass is 10.1. The summed E-state index contributed by atoms with van der Waals surface area (Å²) < 4.78 is 45.4. The SMILES string of the molecule is O=C(Nc1ccc2oc(-c3ccnc(C(=O)N4CCN([C@@H](c5ccsc5)c5nnn(C(F)F)n5)CC4)c3)nc2c1)C1C[C@@H]1F. The molecule has 2 aliphatic rings. The predicted molar refractivity (Wildman–Crippen MR) is 152 cm³/mol. The summed E-state index contributed by atoms with van der Waals surface area (Å²) in [6, 6.07) is 9.68. The number of piperazine rings is 1. The van der Waals surface area contributed by atoms with E-state index in [-0.39, 0.29) is 40.4 Å². The molecule has 4 aromatic heterocycles. The highest BCUT2D eigenvalue weighted by Crippen LogP contribution is 2.35. The van der Waals surface area contributed by atoms with Crippen LogP contribution in [-0.2, 0) is 4.79 Å². The lowest BCUT2D eigenvalue weighted by Gasteiger charge is -2.38. The number of benzene rings is 1. The van der Waals surface area contributed by atoms with Crippen molar-refractivity contribution in [2.75, 3.05) is 31.5 Å². The van der Waals surface area contributed by atoms with Crippen molar-refractivity contribution in [3.63, 3.8) is 0 Å². The summed E-state index contributed by atoms with van der Waals surface area (Å²) in [6.45, 7) is -1.25. The number of pyridine rings is 1. The van der Waals surface area contributed by atoms with Gasteiger partial charge in [0.05, 0.1) is 5.92 Å². The summed E-state index contributed by atoms with van der Waals surface area (Å²) in [5, 5.41) is 17.8. The molecule has 5 aromatic rings. The van der Waals surface area contributed by atoms with Gasteiger partial charge in [-0.3, -0.25) is 19.5 Å². The van der Waals surface area contributed by atoms with Crippen molar-refractivity contribution < 1.29 is 27.2 Å². The average molecular weight is 624 g/mol. The number of nitrogens with one attached hydrogen (secondary N) is 1. The molecule has 5 heterocycles. The standard InChI is InChI=1S/C28H24F3N9O3S/c29-19-13-18(19)25(41)33-17-1-2-22-20(12-17)34-26(43-22)15-3-5-32-21(11-15)27(42)39-8-6-38(7-9-39)23(16-4-10-44-14-16)24-35-37-40(36-24)28(30)31/h1-5,10-12,14,18-19,23,28H,6-9,13H2,(H,33,41)/t18?,19-,23-/m0/s1. The quantitative estimate of drug-likeness (QED) is 0.270. The molecular weight excluding hydrogens is 599 g/mol. The van der Waals surface area contributed by atoms with Crippen LogP contribution in [0.5, 0.6) is 0 Å². The first-order chi connectivity index (χ1) is 21.3. The molecule has 1 saturated carbocycles. The van der Waals surface area contributed by atoms with Crippen LogP contribution in [0.25, 0.3) is 22.6 Å². The molecule has 1 aliphatic carbocycles. The zero-order valence-electron chi connectivity index (χ0n) is 22.9. The van der Waals surface area contributed by atoms with Gasteiger partial charge in [-0.25, -0.2) is 9.37 Å². The Bertz CT molecular complexity index is 1820. The smallest absolute Gasteiger partial charge is 0.350 e. The van der Waals surface area contributed by atoms with Crippen LogP contribution in [0.3, 0.4) is 0 Å². The van der Waals surface area contributed by atoms with Crippen molar-refractivity contribution in [1.29, 1.82) is 0 Å². The zero-order chi connectivity index (χ0) is 30.4. The Kier molecular flexibility index (Phi) is 7.29. The number of rotatable bonds is 8. The van der Waals surface area contributed by atoms with E-state index in [1.54, 1.807) is 35.2 Å². The molecule has 16 heteroatoms. The fourth-order valence-corrected chi connectivity index (χ4v) is 5.89. The molecule has 2 amide bonds. The number of hydrogen-bond donors (Lipinski definition) is 1. The Morgan fingerprint density at radius 2 is 1.91 bits per heavy atom. The first kappa shape index (κ1) is 28.1. The van der Waals surface area contributed by atoms with Crippen molar-refractivity contribution in [2.45, 2.75) is 25.2 Å². The minimum absolute atomic E-state index is 0.169. The molecule has 0 bridgehead atoms. The molecule has 1 aliphatic heterocycles. The Labute approximate surface area is 251 Å². The summed E-state index contributed by atoms with van der Waals surface area (Å²) in [7, 11) is 0. The van der Waals surface area contributed by atoms with E-state index in [9.17, 15) is 22.8 Å². The molecule has 1 unspecified atom stereocenters. The molecule has 2 fully saturated rings. The Morgan fingerprint density at radius 1 is 1.09 bits per heavy atom. The average Bonchev–Trinajstić information content (AvgIpc) is 3.48. The number of carbonyl (C=O) groups excluding carboxylic acids is 2. The largest absolute Gasteiger partial charge is 0.436 e. The van der Waals surface area contributed by atoms with Crippen molar-refractivity contribution in [1.82, 2.24) is 40.0 Å². The maximum absolute atomic E-state index is 13.4. The Balaban J connectivity index is 1.04. The first-order valence-corrected chi connectivity index (χ1v) is 14.7. The number of thiophene rings is 1. The molecule has 1 saturated heterocycles. The number of hydrogen-bond acceptors (Lipinski definition) is 10. The van der Waals surface area contributed by atoms with Gasteiger partial charge in [0.1, 0.15) is 23.4 Å². The van der Waals surface area contributed by atoms with E-state index in [0.29, 0.717) is 48.5 Å². The van der Waals surface area contributed by atoms with Gasteiger partial charge in [-0.05, 0) is 64.4 Å². The predicted octanol–water partition coefficient (Wildman–Crippen LogP) is 4.18. The minimum atomic E-state index is -2.89. The van der Waals surface area contributed by atoms with Crippen molar-refractivity contribution >= 4 is 39.9 Å². The molecule has 1 N–H and O–H groups in total. The number of aromatic nitrogens is 6. The number of oxazole rings is 1. The summed E-state index contributed by atoms with van der Waals surface area (Å²) in [6.07, 6.45) is 0.655. The Morgan fingerprint density at radius 3 is 2.61 bits per heavy atom. The molecular formula is C28H24F3N9O3S. The maximum atomic E-state index is 13.4. The van der Waals surface area contributed by atoms with E-state index in [0.717, 1.165) is 5.56 Å². The third-order valence-electron chi connectivity index (χ3n) is 7.62. The number of carbonyl (C=O) groups is 2. The van der Waals surface area contributed by atoms with Crippen LogP contribution in [0, 0.1) is 5.92 Å². The Hall–Kier alpha value is -4.70. The second-order valence-corrected chi connectivity index (χ2v) is 11.3. The van der Waals surface area contributed by atoms with E-state index in [2.05, 4.69) is 30.7 Å². The molecule has 44 heavy (non-hydrogen) atoms. The molecule has 0 spiro atoms. The summed E-state index contributed by atoms with van der Waals surface area (Å²) in [5.41, 5.74) is 3.09. The van der Waals surface area contributed by atoms with Gasteiger partial charge in [0.2, 0.25) is 11.8 Å². The second-order valence-electron chi connectivity index (χ2n) is 10.5. The number of halogens is 3. The third-order valence-corrected chi connectivity index (χ3v) is 8.32. The minimum Gasteiger partial charge on any atom is -0.436 e. The van der Waals surface area contributed by atoms with Gasteiger partial charge in [0.15, 0.2) is 11.4 Å². The van der Waals surface area contributed by atoms with Gasteiger partial charge in [-0.15, -0.1) is 10.2 Å². The van der Waals surface area contributed by atoms with Gasteiger partial charge in [0.25, 0.3) is 5.91 Å². The van der Waals surface area contributed by atoms with Crippen LogP contribution >= 0.6 is 11.3 Å². The normalized spacial score (nSPS) is 19.4. The highest BCUT2D eigenvalue weighted by atomic mass is 32.1. The van der Waals surface area contributed by atoms with Crippen LogP contribution in [0.2, 0.25) is 0 Å². The van der Waals surface area contributed by atoms with Crippen LogP contribution in [-0.4, -0.2) is 84.1 Å². The monoisotopic (exact) mass is 623 g/mol. The van der Waals surface area contributed by atoms with Gasteiger partial charge in [0, 0.05) is 43.6 Å². The van der Waals surface area contributed by atoms with Crippen molar-refractivity contribution in [2.24, 2.45) is 5.92 Å².